The number of nitrogens with one attached hydrogen (secondary N) is 2. The van der Waals surface area contributed by atoms with Crippen LogP contribution in [0.2, 0.25) is 0 Å². The lowest BCUT2D eigenvalue weighted by molar-refractivity contribution is -0.114. The van der Waals surface area contributed by atoms with Crippen molar-refractivity contribution in [1.82, 2.24) is 4.72 Å². The van der Waals surface area contributed by atoms with E-state index in [-0.39, 0.29) is 17.1 Å². The number of hydrogen-bond donors (Lipinski definition) is 3. The highest BCUT2D eigenvalue weighted by molar-refractivity contribution is 7.83. The summed E-state index contributed by atoms with van der Waals surface area (Å²) >= 11 is 0. The molecule has 0 heterocycles. The average molecular weight is 375 g/mol. The lowest BCUT2D eigenvalue weighted by atomic mass is 10.0. The van der Waals surface area contributed by atoms with Crippen LogP contribution in [0.1, 0.15) is 66.9 Å². The van der Waals surface area contributed by atoms with Crippen LogP contribution >= 0.6 is 0 Å². The standard InChI is InChI=1S/C14H22N2O2S.2C2H6.CH4O/c1-10(2)19(18)15-9-11(3)13-5-7-14(8-6-13)16-12(4)17;3*1-2/h5-8,10-11,15H,9H2,1-4H3,(H,16,17);2*1-2H3;2H,1H3. The topological polar surface area (TPSA) is 78.4 Å². The van der Waals surface area contributed by atoms with Gasteiger partial charge < -0.3 is 10.4 Å². The Balaban J connectivity index is -0.000000725. The fourth-order valence-corrected chi connectivity index (χ4v) is 2.34. The zero-order chi connectivity index (χ0) is 20.4. The van der Waals surface area contributed by atoms with Crippen molar-refractivity contribution in [3.05, 3.63) is 29.8 Å². The number of carbonyl (C=O) groups excluding carboxylic acids is 1. The van der Waals surface area contributed by atoms with Crippen molar-refractivity contribution in [3.63, 3.8) is 0 Å². The van der Waals surface area contributed by atoms with Crippen LogP contribution in [0, 0.1) is 0 Å². The minimum Gasteiger partial charge on any atom is -0.400 e. The SMILES string of the molecule is CC.CC.CC(=O)Nc1ccc(C(C)CNS(=O)C(C)C)cc1.CO. The maximum absolute atomic E-state index is 11.6. The lowest BCUT2D eigenvalue weighted by Gasteiger charge is -2.14. The van der Waals surface area contributed by atoms with E-state index in [2.05, 4.69) is 17.0 Å². The van der Waals surface area contributed by atoms with Crippen LogP contribution in [0.5, 0.6) is 0 Å². The zero-order valence-electron chi connectivity index (χ0n) is 17.3. The van der Waals surface area contributed by atoms with Crippen molar-refractivity contribution < 1.29 is 14.1 Å². The predicted molar refractivity (Wildman–Crippen MR) is 111 cm³/mol. The van der Waals surface area contributed by atoms with Crippen LogP contribution in [0.15, 0.2) is 24.3 Å². The molecule has 0 aromatic heterocycles. The first kappa shape index (κ1) is 28.6. The number of benzene rings is 1. The molecular weight excluding hydrogens is 336 g/mol. The third-order valence-corrected chi connectivity index (χ3v) is 4.07. The Bertz CT molecular complexity index is 448. The molecule has 0 fully saturated rings. The summed E-state index contributed by atoms with van der Waals surface area (Å²) in [6.07, 6.45) is 0. The molecule has 1 aromatic rings. The van der Waals surface area contributed by atoms with Gasteiger partial charge in [-0.25, -0.2) is 8.93 Å². The van der Waals surface area contributed by atoms with Gasteiger partial charge in [0.05, 0.1) is 11.0 Å². The molecular formula is C19H38N2O3S. The molecule has 0 spiro atoms. The number of rotatable bonds is 6. The molecule has 1 rings (SSSR count). The Morgan fingerprint density at radius 2 is 1.48 bits per heavy atom. The average Bonchev–Trinajstić information content (AvgIpc) is 2.64. The molecule has 0 radical (unpaired) electrons. The van der Waals surface area contributed by atoms with E-state index in [0.29, 0.717) is 6.54 Å². The molecule has 1 amide bonds. The smallest absolute Gasteiger partial charge is 0.221 e. The van der Waals surface area contributed by atoms with Gasteiger partial charge in [0.1, 0.15) is 0 Å². The summed E-state index contributed by atoms with van der Waals surface area (Å²) < 4.78 is 14.6. The van der Waals surface area contributed by atoms with Gasteiger partial charge >= 0.3 is 0 Å². The summed E-state index contributed by atoms with van der Waals surface area (Å²) in [7, 11) is 0.0147. The highest BCUT2D eigenvalue weighted by atomic mass is 32.2. The molecule has 1 aromatic carbocycles. The summed E-state index contributed by atoms with van der Waals surface area (Å²) in [5.74, 6) is 0.198. The molecule has 3 N–H and O–H groups in total. The maximum atomic E-state index is 11.6. The van der Waals surface area contributed by atoms with Crippen LogP contribution in [-0.2, 0) is 15.8 Å². The summed E-state index contributed by atoms with van der Waals surface area (Å²) in [6, 6.07) is 7.73. The minimum absolute atomic E-state index is 0.0743. The van der Waals surface area contributed by atoms with Gasteiger partial charge in [-0.3, -0.25) is 4.79 Å². The van der Waals surface area contributed by atoms with Crippen LogP contribution in [-0.4, -0.2) is 34.1 Å². The fraction of sp³-hybridized carbons (Fsp3) is 0.632. The van der Waals surface area contributed by atoms with Gasteiger partial charge in [-0.2, -0.15) is 0 Å². The van der Waals surface area contributed by atoms with Gasteiger partial charge in [0.15, 0.2) is 0 Å². The van der Waals surface area contributed by atoms with E-state index in [9.17, 15) is 9.00 Å². The third-order valence-electron chi connectivity index (χ3n) is 2.76. The number of hydrogen-bond acceptors (Lipinski definition) is 3. The molecule has 0 aliphatic carbocycles. The van der Waals surface area contributed by atoms with Crippen LogP contribution in [0.25, 0.3) is 0 Å². The lowest BCUT2D eigenvalue weighted by Crippen LogP contribution is -2.27. The number of carbonyl (C=O) groups is 1. The first-order valence-corrected chi connectivity index (χ1v) is 10.1. The number of aliphatic hydroxyl groups is 1. The van der Waals surface area contributed by atoms with E-state index >= 15 is 0 Å². The number of anilines is 1. The van der Waals surface area contributed by atoms with Gasteiger partial charge in [0, 0.05) is 31.5 Å². The van der Waals surface area contributed by atoms with Gasteiger partial charge in [-0.1, -0.05) is 46.8 Å². The van der Waals surface area contributed by atoms with Crippen LogP contribution in [0.4, 0.5) is 5.69 Å². The largest absolute Gasteiger partial charge is 0.400 e. The van der Waals surface area contributed by atoms with E-state index in [1.807, 2.05) is 65.8 Å². The second-order valence-electron chi connectivity index (χ2n) is 4.90. The second kappa shape index (κ2) is 19.1. The van der Waals surface area contributed by atoms with Gasteiger partial charge in [-0.05, 0) is 37.5 Å². The van der Waals surface area contributed by atoms with E-state index < -0.39 is 11.0 Å². The van der Waals surface area contributed by atoms with Crippen molar-refractivity contribution in [3.8, 4) is 0 Å². The molecule has 0 saturated heterocycles. The van der Waals surface area contributed by atoms with Crippen molar-refractivity contribution in [2.45, 2.75) is 66.6 Å². The zero-order valence-corrected chi connectivity index (χ0v) is 18.2. The van der Waals surface area contributed by atoms with Crippen LogP contribution in [0.3, 0.4) is 0 Å². The second-order valence-corrected chi connectivity index (χ2v) is 6.73. The van der Waals surface area contributed by atoms with Crippen molar-refractivity contribution in [1.29, 1.82) is 0 Å². The Hall–Kier alpha value is -1.24. The quantitative estimate of drug-likeness (QED) is 0.702. The fourth-order valence-electron chi connectivity index (χ4n) is 1.59. The van der Waals surface area contributed by atoms with Gasteiger partial charge in [-0.15, -0.1) is 0 Å². The summed E-state index contributed by atoms with van der Waals surface area (Å²) in [4.78, 5) is 10.9. The van der Waals surface area contributed by atoms with E-state index in [4.69, 9.17) is 5.11 Å². The Labute approximate surface area is 157 Å². The van der Waals surface area contributed by atoms with Crippen molar-refractivity contribution >= 4 is 22.6 Å². The molecule has 2 atom stereocenters. The summed E-state index contributed by atoms with van der Waals surface area (Å²) in [6.45, 7) is 16.1. The third kappa shape index (κ3) is 14.8. The highest BCUT2D eigenvalue weighted by Gasteiger charge is 2.09. The molecule has 0 aliphatic rings. The van der Waals surface area contributed by atoms with Crippen molar-refractivity contribution in [2.24, 2.45) is 0 Å². The summed E-state index contributed by atoms with van der Waals surface area (Å²) in [5.41, 5.74) is 1.95. The van der Waals surface area contributed by atoms with Gasteiger partial charge in [0.2, 0.25) is 5.91 Å². The molecule has 148 valence electrons. The monoisotopic (exact) mass is 374 g/mol. The predicted octanol–water partition coefficient (Wildman–Crippen LogP) is 4.07. The molecule has 2 unspecified atom stereocenters. The van der Waals surface area contributed by atoms with Gasteiger partial charge in [0.25, 0.3) is 0 Å². The molecule has 0 saturated carbocycles. The number of aliphatic hydroxyl groups excluding tert-OH is 1. The van der Waals surface area contributed by atoms with Crippen LogP contribution < -0.4 is 10.0 Å². The first-order chi connectivity index (χ1) is 11.9. The Kier molecular flexibility index (Phi) is 21.8. The van der Waals surface area contributed by atoms with E-state index in [0.717, 1.165) is 18.4 Å². The van der Waals surface area contributed by atoms with E-state index in [1.54, 1.807) is 0 Å². The molecule has 6 heteroatoms. The number of amides is 1. The first-order valence-electron chi connectivity index (χ1n) is 8.86. The Morgan fingerprint density at radius 3 is 1.84 bits per heavy atom. The Morgan fingerprint density at radius 1 is 1.04 bits per heavy atom. The molecule has 25 heavy (non-hydrogen) atoms. The molecule has 0 bridgehead atoms. The van der Waals surface area contributed by atoms with Crippen molar-refractivity contribution in [2.75, 3.05) is 19.0 Å². The normalized spacial score (nSPS) is 11.5. The highest BCUT2D eigenvalue weighted by Crippen LogP contribution is 2.17. The van der Waals surface area contributed by atoms with E-state index in [1.165, 1.54) is 6.92 Å². The molecule has 5 nitrogen and oxygen atoms in total. The summed E-state index contributed by atoms with van der Waals surface area (Å²) in [5, 5.41) is 9.85. The maximum Gasteiger partial charge on any atom is 0.221 e. The minimum atomic E-state index is -0.985. The molecule has 0 aliphatic heterocycles.